The van der Waals surface area contributed by atoms with Gasteiger partial charge in [-0.05, 0) is 37.1 Å². The van der Waals surface area contributed by atoms with Crippen molar-refractivity contribution in [3.8, 4) is 0 Å². The Morgan fingerprint density at radius 3 is 2.43 bits per heavy atom. The van der Waals surface area contributed by atoms with E-state index in [4.69, 9.17) is 23.2 Å². The summed E-state index contributed by atoms with van der Waals surface area (Å²) in [5.41, 5.74) is 1.99. The van der Waals surface area contributed by atoms with Crippen LogP contribution >= 0.6 is 35.0 Å². The van der Waals surface area contributed by atoms with Crippen LogP contribution in [0.5, 0.6) is 0 Å². The van der Waals surface area contributed by atoms with Crippen molar-refractivity contribution in [2.75, 3.05) is 12.3 Å². The Kier molecular flexibility index (Phi) is 9.16. The molecule has 2 amide bonds. The molecular formula is C21H24Cl2N2O2S. The zero-order valence-electron chi connectivity index (χ0n) is 16.0. The molecule has 0 aliphatic carbocycles. The zero-order chi connectivity index (χ0) is 20.5. The number of likely N-dealkylation sites (N-methyl/N-ethyl adjacent to an activating group) is 1. The van der Waals surface area contributed by atoms with Gasteiger partial charge in [0, 0.05) is 18.8 Å². The van der Waals surface area contributed by atoms with Gasteiger partial charge < -0.3 is 10.2 Å². The summed E-state index contributed by atoms with van der Waals surface area (Å²) in [6.45, 7) is 4.40. The number of benzene rings is 2. The summed E-state index contributed by atoms with van der Waals surface area (Å²) in [6.07, 6.45) is 0. The van der Waals surface area contributed by atoms with Crippen molar-refractivity contribution < 1.29 is 9.59 Å². The van der Waals surface area contributed by atoms with E-state index in [2.05, 4.69) is 5.32 Å². The first-order valence-corrected chi connectivity index (χ1v) is 11.0. The lowest BCUT2D eigenvalue weighted by Crippen LogP contribution is -2.48. The van der Waals surface area contributed by atoms with E-state index in [0.29, 0.717) is 28.9 Å². The molecule has 1 N–H and O–H groups in total. The zero-order valence-corrected chi connectivity index (χ0v) is 18.3. The van der Waals surface area contributed by atoms with Crippen molar-refractivity contribution >= 4 is 46.8 Å². The number of rotatable bonds is 9. The molecule has 2 aromatic carbocycles. The van der Waals surface area contributed by atoms with E-state index >= 15 is 0 Å². The maximum Gasteiger partial charge on any atom is 0.242 e. The lowest BCUT2D eigenvalue weighted by molar-refractivity contribution is -0.138. The highest BCUT2D eigenvalue weighted by Crippen LogP contribution is 2.24. The Hall–Kier alpha value is -1.69. The summed E-state index contributed by atoms with van der Waals surface area (Å²) >= 11 is 13.6. The highest BCUT2D eigenvalue weighted by molar-refractivity contribution is 7.99. The van der Waals surface area contributed by atoms with Crippen LogP contribution in [0.25, 0.3) is 0 Å². The van der Waals surface area contributed by atoms with Crippen LogP contribution in [0.15, 0.2) is 48.5 Å². The average Bonchev–Trinajstić information content (AvgIpc) is 2.69. The monoisotopic (exact) mass is 438 g/mol. The molecular weight excluding hydrogens is 415 g/mol. The quantitative estimate of drug-likeness (QED) is 0.612. The Labute approximate surface area is 180 Å². The van der Waals surface area contributed by atoms with Gasteiger partial charge in [0.2, 0.25) is 11.8 Å². The third kappa shape index (κ3) is 6.73. The minimum Gasteiger partial charge on any atom is -0.355 e. The molecule has 0 aliphatic heterocycles. The van der Waals surface area contributed by atoms with E-state index in [0.717, 1.165) is 16.9 Å². The number of halogens is 2. The predicted octanol–water partition coefficient (Wildman–Crippen LogP) is 4.78. The summed E-state index contributed by atoms with van der Waals surface area (Å²) in [5, 5.41) is 3.67. The van der Waals surface area contributed by atoms with Gasteiger partial charge in [0.15, 0.2) is 0 Å². The van der Waals surface area contributed by atoms with E-state index in [9.17, 15) is 9.59 Å². The molecule has 0 aliphatic rings. The first-order chi connectivity index (χ1) is 13.4. The van der Waals surface area contributed by atoms with E-state index < -0.39 is 6.04 Å². The van der Waals surface area contributed by atoms with Crippen LogP contribution in [0.2, 0.25) is 10.0 Å². The van der Waals surface area contributed by atoms with E-state index in [1.54, 1.807) is 24.0 Å². The van der Waals surface area contributed by atoms with Crippen molar-refractivity contribution in [3.05, 3.63) is 69.7 Å². The molecule has 0 radical (unpaired) electrons. The fourth-order valence-corrected chi connectivity index (χ4v) is 3.84. The topological polar surface area (TPSA) is 49.4 Å². The number of nitrogens with zero attached hydrogens (tertiary/aromatic N) is 1. The second-order valence-electron chi connectivity index (χ2n) is 6.32. The molecule has 0 bridgehead atoms. The molecule has 0 aromatic heterocycles. The fourth-order valence-electron chi connectivity index (χ4n) is 2.65. The summed E-state index contributed by atoms with van der Waals surface area (Å²) in [5.74, 6) is 0.762. The molecule has 0 fully saturated rings. The molecule has 0 heterocycles. The smallest absolute Gasteiger partial charge is 0.242 e. The minimum absolute atomic E-state index is 0.0919. The molecule has 2 aromatic rings. The van der Waals surface area contributed by atoms with Gasteiger partial charge in [-0.3, -0.25) is 9.59 Å². The SMILES string of the molecule is CCNC(=O)[C@H](C)N(Cc1ccc(Cl)c(Cl)c1)C(=O)CSCc1ccccc1. The van der Waals surface area contributed by atoms with Crippen LogP contribution < -0.4 is 5.32 Å². The Balaban J connectivity index is 2.08. The average molecular weight is 439 g/mol. The second kappa shape index (κ2) is 11.3. The van der Waals surface area contributed by atoms with Gasteiger partial charge in [0.05, 0.1) is 15.8 Å². The number of hydrogen-bond acceptors (Lipinski definition) is 3. The van der Waals surface area contributed by atoms with Crippen LogP contribution in [0.4, 0.5) is 0 Å². The molecule has 4 nitrogen and oxygen atoms in total. The molecule has 28 heavy (non-hydrogen) atoms. The lowest BCUT2D eigenvalue weighted by atomic mass is 10.1. The first kappa shape index (κ1) is 22.6. The van der Waals surface area contributed by atoms with Gasteiger partial charge in [-0.1, -0.05) is 59.6 Å². The van der Waals surface area contributed by atoms with Gasteiger partial charge >= 0.3 is 0 Å². The van der Waals surface area contributed by atoms with Crippen LogP contribution in [0.3, 0.4) is 0 Å². The largest absolute Gasteiger partial charge is 0.355 e. The summed E-state index contributed by atoms with van der Waals surface area (Å²) in [6, 6.07) is 14.6. The Morgan fingerprint density at radius 2 is 1.79 bits per heavy atom. The van der Waals surface area contributed by atoms with Crippen LogP contribution in [0.1, 0.15) is 25.0 Å². The third-order valence-corrected chi connectivity index (χ3v) is 5.92. The summed E-state index contributed by atoms with van der Waals surface area (Å²) in [4.78, 5) is 26.8. The molecule has 0 spiro atoms. The number of carbonyl (C=O) groups is 2. The van der Waals surface area contributed by atoms with Crippen molar-refractivity contribution in [1.82, 2.24) is 10.2 Å². The van der Waals surface area contributed by atoms with E-state index in [1.165, 1.54) is 11.8 Å². The van der Waals surface area contributed by atoms with Gasteiger partial charge in [0.25, 0.3) is 0 Å². The second-order valence-corrected chi connectivity index (χ2v) is 8.12. The van der Waals surface area contributed by atoms with Gasteiger partial charge in [-0.15, -0.1) is 11.8 Å². The molecule has 7 heteroatoms. The number of hydrogen-bond donors (Lipinski definition) is 1. The van der Waals surface area contributed by atoms with E-state index in [-0.39, 0.29) is 11.8 Å². The molecule has 1 atom stereocenters. The third-order valence-electron chi connectivity index (χ3n) is 4.19. The van der Waals surface area contributed by atoms with Crippen LogP contribution in [-0.4, -0.2) is 35.1 Å². The summed E-state index contributed by atoms with van der Waals surface area (Å²) in [7, 11) is 0. The number of carbonyl (C=O) groups excluding carboxylic acids is 2. The number of thioether (sulfide) groups is 1. The standard InChI is InChI=1S/C21H24Cl2N2O2S/c1-3-24-21(27)15(2)25(12-17-9-10-18(22)19(23)11-17)20(26)14-28-13-16-7-5-4-6-8-16/h4-11,15H,3,12-14H2,1-2H3,(H,24,27)/t15-/m0/s1. The maximum atomic E-state index is 12.9. The Bertz CT molecular complexity index is 802. The molecule has 2 rings (SSSR count). The number of nitrogens with one attached hydrogen (secondary N) is 1. The lowest BCUT2D eigenvalue weighted by Gasteiger charge is -2.28. The van der Waals surface area contributed by atoms with Crippen molar-refractivity contribution in [1.29, 1.82) is 0 Å². The molecule has 0 unspecified atom stereocenters. The highest BCUT2D eigenvalue weighted by Gasteiger charge is 2.25. The first-order valence-electron chi connectivity index (χ1n) is 9.05. The molecule has 150 valence electrons. The number of amides is 2. The Morgan fingerprint density at radius 1 is 1.07 bits per heavy atom. The highest BCUT2D eigenvalue weighted by atomic mass is 35.5. The van der Waals surface area contributed by atoms with E-state index in [1.807, 2.05) is 43.3 Å². The molecule has 0 saturated heterocycles. The fraction of sp³-hybridized carbons (Fsp3) is 0.333. The maximum absolute atomic E-state index is 12.9. The van der Waals surface area contributed by atoms with Gasteiger partial charge in [-0.25, -0.2) is 0 Å². The minimum atomic E-state index is -0.584. The van der Waals surface area contributed by atoms with Crippen molar-refractivity contribution in [2.24, 2.45) is 0 Å². The summed E-state index contributed by atoms with van der Waals surface area (Å²) < 4.78 is 0. The normalized spacial score (nSPS) is 11.7. The van der Waals surface area contributed by atoms with Crippen LogP contribution in [0, 0.1) is 0 Å². The van der Waals surface area contributed by atoms with Crippen molar-refractivity contribution in [3.63, 3.8) is 0 Å². The van der Waals surface area contributed by atoms with Gasteiger partial charge in [0.1, 0.15) is 6.04 Å². The van der Waals surface area contributed by atoms with Gasteiger partial charge in [-0.2, -0.15) is 0 Å². The van der Waals surface area contributed by atoms with Crippen LogP contribution in [-0.2, 0) is 21.9 Å². The molecule has 0 saturated carbocycles. The van der Waals surface area contributed by atoms with Crippen molar-refractivity contribution in [2.45, 2.75) is 32.2 Å². The predicted molar refractivity (Wildman–Crippen MR) is 118 cm³/mol.